The number of carbonyl (C=O) groups is 3. The lowest BCUT2D eigenvalue weighted by Crippen LogP contribution is -2.49. The minimum absolute atomic E-state index is 0.141. The summed E-state index contributed by atoms with van der Waals surface area (Å²) in [7, 11) is 0. The molecule has 13 nitrogen and oxygen atoms in total. The largest absolute Gasteiger partial charge is 0.386 e. The second-order valence-corrected chi connectivity index (χ2v) is 11.2. The molecular formula is C37H40N10O3. The Kier molecular flexibility index (Phi) is 13.1. The highest BCUT2D eigenvalue weighted by Crippen LogP contribution is 2.14. The molecule has 3 amide bonds. The van der Waals surface area contributed by atoms with E-state index in [9.17, 15) is 14.4 Å². The molecule has 0 aromatic heterocycles. The zero-order chi connectivity index (χ0) is 35.9. The third kappa shape index (κ3) is 11.0. The molecule has 0 heterocycles. The number of carbonyl (C=O) groups excluding carboxylic acids is 3. The van der Waals surface area contributed by atoms with E-state index >= 15 is 0 Å². The first-order valence-corrected chi connectivity index (χ1v) is 15.8. The Morgan fingerprint density at radius 1 is 0.600 bits per heavy atom. The van der Waals surface area contributed by atoms with Crippen molar-refractivity contribution in [3.63, 3.8) is 0 Å². The highest BCUT2D eigenvalue weighted by Gasteiger charge is 2.22. The number of hydrogen-bond acceptors (Lipinski definition) is 7. The normalized spacial score (nSPS) is 12.4. The van der Waals surface area contributed by atoms with Crippen LogP contribution in [0, 0.1) is 0 Å². The molecule has 13 heteroatoms. The standard InChI is InChI=1S/C37H40N10O3/c1-24(44-45-25(2)38)30-14-9-15-31(23-30)34(48)41-20-21-42-36(50)32(22-26-10-5-3-6-11-26)43-35(49)29-18-16-28(17-19-29)33(46-47-37(39)40)27-12-7-4-8-13-27/h3-19,23,32H,20-22H2,1-2H3,(H2,38,45)(H,41,48)(H,42,50)(H,43,49)(H4,39,40,47)/b44-24-,46-33-/t32-/m0/s1. The molecule has 0 aliphatic heterocycles. The summed E-state index contributed by atoms with van der Waals surface area (Å²) in [5.74, 6) is -1.01. The topological polar surface area (TPSA) is 215 Å². The predicted octanol–water partition coefficient (Wildman–Crippen LogP) is 2.70. The summed E-state index contributed by atoms with van der Waals surface area (Å²) < 4.78 is 0. The predicted molar refractivity (Wildman–Crippen MR) is 197 cm³/mol. The molecule has 4 aromatic rings. The van der Waals surface area contributed by atoms with E-state index in [4.69, 9.17) is 17.2 Å². The minimum atomic E-state index is -0.887. The molecule has 4 aromatic carbocycles. The molecule has 1 atom stereocenters. The van der Waals surface area contributed by atoms with Crippen LogP contribution in [0.1, 0.15) is 56.8 Å². The number of nitrogens with two attached hydrogens (primary N) is 3. The Hall–Kier alpha value is -6.63. The van der Waals surface area contributed by atoms with Gasteiger partial charge in [-0.2, -0.15) is 5.10 Å². The Morgan fingerprint density at radius 2 is 1.18 bits per heavy atom. The van der Waals surface area contributed by atoms with E-state index in [1.54, 1.807) is 56.3 Å². The lowest BCUT2D eigenvalue weighted by molar-refractivity contribution is -0.122. The van der Waals surface area contributed by atoms with Gasteiger partial charge >= 0.3 is 0 Å². The van der Waals surface area contributed by atoms with Crippen molar-refractivity contribution < 1.29 is 14.4 Å². The summed E-state index contributed by atoms with van der Waals surface area (Å²) in [6, 6.07) is 31.5. The Morgan fingerprint density at radius 3 is 1.84 bits per heavy atom. The van der Waals surface area contributed by atoms with Crippen LogP contribution in [0.25, 0.3) is 0 Å². The van der Waals surface area contributed by atoms with Crippen LogP contribution in [0.5, 0.6) is 0 Å². The fourth-order valence-electron chi connectivity index (χ4n) is 4.75. The summed E-state index contributed by atoms with van der Waals surface area (Å²) >= 11 is 0. The third-order valence-corrected chi connectivity index (χ3v) is 7.25. The van der Waals surface area contributed by atoms with Gasteiger partial charge in [0.25, 0.3) is 11.8 Å². The lowest BCUT2D eigenvalue weighted by atomic mass is 10.0. The maximum Gasteiger partial charge on any atom is 0.251 e. The van der Waals surface area contributed by atoms with E-state index in [2.05, 4.69) is 36.4 Å². The van der Waals surface area contributed by atoms with Crippen molar-refractivity contribution in [1.29, 1.82) is 0 Å². The lowest BCUT2D eigenvalue weighted by Gasteiger charge is -2.19. The number of amidine groups is 1. The van der Waals surface area contributed by atoms with Gasteiger partial charge in [-0.3, -0.25) is 14.4 Å². The van der Waals surface area contributed by atoms with Crippen molar-refractivity contribution in [2.75, 3.05) is 13.1 Å². The number of amides is 3. The van der Waals surface area contributed by atoms with Gasteiger partial charge in [0.15, 0.2) is 0 Å². The molecule has 256 valence electrons. The zero-order valence-electron chi connectivity index (χ0n) is 27.8. The molecule has 0 saturated heterocycles. The number of nitrogens with one attached hydrogen (secondary N) is 3. The number of nitrogens with zero attached hydrogens (tertiary/aromatic N) is 4. The molecule has 0 radical (unpaired) electrons. The quantitative estimate of drug-likeness (QED) is 0.0512. The van der Waals surface area contributed by atoms with Crippen LogP contribution in [-0.2, 0) is 11.2 Å². The molecular weight excluding hydrogens is 632 g/mol. The second kappa shape index (κ2) is 18.1. The average Bonchev–Trinajstić information content (AvgIpc) is 3.13. The van der Waals surface area contributed by atoms with Crippen LogP contribution in [0.2, 0.25) is 0 Å². The monoisotopic (exact) mass is 672 g/mol. The highest BCUT2D eigenvalue weighted by atomic mass is 16.2. The smallest absolute Gasteiger partial charge is 0.251 e. The maximum absolute atomic E-state index is 13.4. The molecule has 50 heavy (non-hydrogen) atoms. The summed E-state index contributed by atoms with van der Waals surface area (Å²) in [4.78, 5) is 39.6. The first-order valence-electron chi connectivity index (χ1n) is 15.8. The van der Waals surface area contributed by atoms with Crippen LogP contribution >= 0.6 is 0 Å². The van der Waals surface area contributed by atoms with Gasteiger partial charge in [0, 0.05) is 41.8 Å². The van der Waals surface area contributed by atoms with Gasteiger partial charge in [0.2, 0.25) is 11.9 Å². The molecule has 0 aliphatic rings. The summed E-state index contributed by atoms with van der Waals surface area (Å²) in [5, 5.41) is 24.4. The van der Waals surface area contributed by atoms with Crippen LogP contribution < -0.4 is 33.2 Å². The molecule has 9 N–H and O–H groups in total. The summed E-state index contributed by atoms with van der Waals surface area (Å²) in [6.07, 6.45) is 0.258. The second-order valence-electron chi connectivity index (χ2n) is 11.2. The van der Waals surface area contributed by atoms with Crippen molar-refractivity contribution in [2.45, 2.75) is 26.3 Å². The molecule has 0 unspecified atom stereocenters. The van der Waals surface area contributed by atoms with Crippen LogP contribution in [0.3, 0.4) is 0 Å². The van der Waals surface area contributed by atoms with Crippen molar-refractivity contribution in [3.8, 4) is 0 Å². The zero-order valence-corrected chi connectivity index (χ0v) is 27.8. The van der Waals surface area contributed by atoms with E-state index < -0.39 is 17.9 Å². The van der Waals surface area contributed by atoms with E-state index in [1.807, 2.05) is 66.7 Å². The van der Waals surface area contributed by atoms with Crippen LogP contribution in [0.4, 0.5) is 0 Å². The van der Waals surface area contributed by atoms with Crippen molar-refractivity contribution in [3.05, 3.63) is 143 Å². The Balaban J connectivity index is 1.40. The van der Waals surface area contributed by atoms with E-state index in [-0.39, 0.29) is 31.4 Å². The molecule has 4 rings (SSSR count). The van der Waals surface area contributed by atoms with Gasteiger partial charge in [-0.1, -0.05) is 84.9 Å². The Labute approximate surface area is 290 Å². The van der Waals surface area contributed by atoms with Crippen molar-refractivity contribution >= 4 is 40.9 Å². The fraction of sp³-hybridized carbons (Fsp3) is 0.162. The van der Waals surface area contributed by atoms with E-state index in [0.717, 1.165) is 16.7 Å². The first kappa shape index (κ1) is 36.2. The number of rotatable bonds is 14. The maximum atomic E-state index is 13.4. The molecule has 0 bridgehead atoms. The van der Waals surface area contributed by atoms with E-state index in [0.29, 0.717) is 33.9 Å². The minimum Gasteiger partial charge on any atom is -0.386 e. The van der Waals surface area contributed by atoms with Crippen molar-refractivity contribution in [2.24, 2.45) is 37.6 Å². The fourth-order valence-corrected chi connectivity index (χ4v) is 4.75. The number of hydrogen-bond donors (Lipinski definition) is 6. The highest BCUT2D eigenvalue weighted by molar-refractivity contribution is 6.13. The first-order chi connectivity index (χ1) is 24.1. The van der Waals surface area contributed by atoms with Crippen molar-refractivity contribution in [1.82, 2.24) is 16.0 Å². The molecule has 0 spiro atoms. The Bertz CT molecular complexity index is 1900. The van der Waals surface area contributed by atoms with E-state index in [1.165, 1.54) is 0 Å². The molecule has 0 aliphatic carbocycles. The summed E-state index contributed by atoms with van der Waals surface area (Å²) in [5.41, 5.74) is 21.5. The molecule has 0 saturated carbocycles. The van der Waals surface area contributed by atoms with Crippen LogP contribution in [0.15, 0.2) is 130 Å². The van der Waals surface area contributed by atoms with Gasteiger partial charge in [0.05, 0.1) is 5.71 Å². The molecule has 0 fully saturated rings. The van der Waals surface area contributed by atoms with Crippen LogP contribution in [-0.4, -0.2) is 60.1 Å². The third-order valence-electron chi connectivity index (χ3n) is 7.25. The van der Waals surface area contributed by atoms with Gasteiger partial charge in [-0.25, -0.2) is 0 Å². The number of benzene rings is 4. The SMILES string of the molecule is CC(N)=N/N=C(/C)c1cccc(C(=O)NCCNC(=O)[C@H](Cc2ccccc2)NC(=O)c2ccc(/C(=N\N=C(N)N)c3ccccc3)cc2)c1. The van der Waals surface area contributed by atoms with Gasteiger partial charge in [-0.15, -0.1) is 15.3 Å². The average molecular weight is 673 g/mol. The van der Waals surface area contributed by atoms with Gasteiger partial charge in [-0.05, 0) is 49.2 Å². The van der Waals surface area contributed by atoms with Gasteiger partial charge in [0.1, 0.15) is 17.6 Å². The van der Waals surface area contributed by atoms with Gasteiger partial charge < -0.3 is 33.2 Å². The number of guanidine groups is 1. The summed E-state index contributed by atoms with van der Waals surface area (Å²) in [6.45, 7) is 3.71.